The molecular formula is C13H18BrNS. The van der Waals surface area contributed by atoms with Gasteiger partial charge in [-0.1, -0.05) is 15.9 Å². The van der Waals surface area contributed by atoms with Crippen molar-refractivity contribution in [2.75, 3.05) is 19.3 Å². The highest BCUT2D eigenvalue weighted by molar-refractivity contribution is 9.10. The van der Waals surface area contributed by atoms with E-state index in [4.69, 9.17) is 0 Å². The topological polar surface area (TPSA) is 12.0 Å². The Morgan fingerprint density at radius 2 is 2.38 bits per heavy atom. The largest absolute Gasteiger partial charge is 0.316 e. The second-order valence-electron chi connectivity index (χ2n) is 4.37. The van der Waals surface area contributed by atoms with Crippen LogP contribution in [0.15, 0.2) is 27.6 Å². The quantitative estimate of drug-likeness (QED) is 0.854. The number of nitrogens with one attached hydrogen (secondary N) is 1. The predicted molar refractivity (Wildman–Crippen MR) is 75.2 cm³/mol. The zero-order valence-corrected chi connectivity index (χ0v) is 12.0. The van der Waals surface area contributed by atoms with Gasteiger partial charge in [0.15, 0.2) is 0 Å². The van der Waals surface area contributed by atoms with Gasteiger partial charge in [-0.05, 0) is 68.3 Å². The normalized spacial score (nSPS) is 21.0. The maximum atomic E-state index is 3.57. The van der Waals surface area contributed by atoms with E-state index in [0.29, 0.717) is 0 Å². The molecule has 1 heterocycles. The first-order valence-corrected chi connectivity index (χ1v) is 7.84. The average molecular weight is 300 g/mol. The van der Waals surface area contributed by atoms with Crippen LogP contribution >= 0.6 is 27.7 Å². The molecule has 1 atom stereocenters. The van der Waals surface area contributed by atoms with Gasteiger partial charge in [-0.2, -0.15) is 0 Å². The van der Waals surface area contributed by atoms with E-state index in [1.807, 2.05) is 11.8 Å². The minimum Gasteiger partial charge on any atom is -0.316 e. The van der Waals surface area contributed by atoms with Crippen molar-refractivity contribution in [1.29, 1.82) is 0 Å². The molecule has 1 nitrogen and oxygen atoms in total. The van der Waals surface area contributed by atoms with Crippen LogP contribution in [0.2, 0.25) is 0 Å². The third-order valence-corrected chi connectivity index (χ3v) is 4.48. The molecule has 1 aliphatic heterocycles. The standard InChI is InChI=1S/C13H18BrNS/c1-16-13-5-4-12(14)8-11(13)7-10-3-2-6-15-9-10/h4-5,8,10,15H,2-3,6-7,9H2,1H3. The number of hydrogen-bond donors (Lipinski definition) is 1. The summed E-state index contributed by atoms with van der Waals surface area (Å²) in [6, 6.07) is 6.63. The fraction of sp³-hybridized carbons (Fsp3) is 0.538. The lowest BCUT2D eigenvalue weighted by Gasteiger charge is -2.23. The zero-order chi connectivity index (χ0) is 11.4. The summed E-state index contributed by atoms with van der Waals surface area (Å²) < 4.78 is 1.20. The van der Waals surface area contributed by atoms with Crippen LogP contribution in [0.3, 0.4) is 0 Å². The molecule has 0 radical (unpaired) electrons. The van der Waals surface area contributed by atoms with Gasteiger partial charge >= 0.3 is 0 Å². The molecule has 0 saturated carbocycles. The average Bonchev–Trinajstić information content (AvgIpc) is 2.31. The number of benzene rings is 1. The summed E-state index contributed by atoms with van der Waals surface area (Å²) in [5.74, 6) is 0.814. The molecule has 1 unspecified atom stereocenters. The van der Waals surface area contributed by atoms with Gasteiger partial charge in [0.25, 0.3) is 0 Å². The van der Waals surface area contributed by atoms with Gasteiger partial charge in [0, 0.05) is 9.37 Å². The highest BCUT2D eigenvalue weighted by Crippen LogP contribution is 2.27. The van der Waals surface area contributed by atoms with Crippen molar-refractivity contribution in [3.63, 3.8) is 0 Å². The SMILES string of the molecule is CSc1ccc(Br)cc1CC1CCCNC1. The second kappa shape index (κ2) is 6.08. The van der Waals surface area contributed by atoms with Crippen molar-refractivity contribution in [2.45, 2.75) is 24.2 Å². The van der Waals surface area contributed by atoms with E-state index in [1.165, 1.54) is 47.3 Å². The molecule has 1 aromatic rings. The summed E-state index contributed by atoms with van der Waals surface area (Å²) in [4.78, 5) is 1.42. The zero-order valence-electron chi connectivity index (χ0n) is 9.63. The highest BCUT2D eigenvalue weighted by Gasteiger charge is 2.15. The van der Waals surface area contributed by atoms with Crippen molar-refractivity contribution >= 4 is 27.7 Å². The molecule has 1 fully saturated rings. The summed E-state index contributed by atoms with van der Waals surface area (Å²) in [7, 11) is 0. The van der Waals surface area contributed by atoms with Crippen molar-refractivity contribution in [2.24, 2.45) is 5.92 Å². The Labute approximate surface area is 111 Å². The Morgan fingerprint density at radius 1 is 1.50 bits per heavy atom. The fourth-order valence-electron chi connectivity index (χ4n) is 2.32. The van der Waals surface area contributed by atoms with Crippen molar-refractivity contribution in [3.05, 3.63) is 28.2 Å². The molecule has 88 valence electrons. The molecule has 0 amide bonds. The van der Waals surface area contributed by atoms with E-state index in [9.17, 15) is 0 Å². The van der Waals surface area contributed by atoms with E-state index in [-0.39, 0.29) is 0 Å². The summed E-state index contributed by atoms with van der Waals surface area (Å²) in [6.45, 7) is 2.38. The van der Waals surface area contributed by atoms with Crippen LogP contribution in [-0.2, 0) is 6.42 Å². The molecule has 3 heteroatoms. The monoisotopic (exact) mass is 299 g/mol. The summed E-state index contributed by atoms with van der Waals surface area (Å²) in [6.07, 6.45) is 6.06. The van der Waals surface area contributed by atoms with E-state index in [1.54, 1.807) is 0 Å². The molecule has 1 N–H and O–H groups in total. The third kappa shape index (κ3) is 3.25. The van der Waals surface area contributed by atoms with Gasteiger partial charge in [-0.3, -0.25) is 0 Å². The van der Waals surface area contributed by atoms with Crippen LogP contribution in [0.1, 0.15) is 18.4 Å². The van der Waals surface area contributed by atoms with Crippen molar-refractivity contribution in [3.8, 4) is 0 Å². The van der Waals surface area contributed by atoms with Gasteiger partial charge in [0.2, 0.25) is 0 Å². The second-order valence-corrected chi connectivity index (χ2v) is 6.14. The Hall–Kier alpha value is 0.01000. The maximum absolute atomic E-state index is 3.57. The summed E-state index contributed by atoms with van der Waals surface area (Å²) in [5.41, 5.74) is 1.50. The minimum atomic E-state index is 0.814. The van der Waals surface area contributed by atoms with E-state index in [2.05, 4.69) is 45.7 Å². The van der Waals surface area contributed by atoms with E-state index >= 15 is 0 Å². The van der Waals surface area contributed by atoms with Crippen molar-refractivity contribution in [1.82, 2.24) is 5.32 Å². The minimum absolute atomic E-state index is 0.814. The van der Waals surface area contributed by atoms with Gasteiger partial charge in [-0.25, -0.2) is 0 Å². The Balaban J connectivity index is 2.09. The van der Waals surface area contributed by atoms with Crippen LogP contribution in [0, 0.1) is 5.92 Å². The Kier molecular flexibility index (Phi) is 4.74. The maximum Gasteiger partial charge on any atom is 0.0178 e. The number of hydrogen-bond acceptors (Lipinski definition) is 2. The lowest BCUT2D eigenvalue weighted by atomic mass is 9.92. The van der Waals surface area contributed by atoms with Crippen LogP contribution in [0.5, 0.6) is 0 Å². The van der Waals surface area contributed by atoms with E-state index < -0.39 is 0 Å². The Morgan fingerprint density at radius 3 is 3.06 bits per heavy atom. The van der Waals surface area contributed by atoms with Gasteiger partial charge in [0.1, 0.15) is 0 Å². The first-order chi connectivity index (χ1) is 7.79. The van der Waals surface area contributed by atoms with Crippen LogP contribution < -0.4 is 5.32 Å². The smallest absolute Gasteiger partial charge is 0.0178 e. The predicted octanol–water partition coefficient (Wildman–Crippen LogP) is 3.71. The molecule has 0 aliphatic carbocycles. The lowest BCUT2D eigenvalue weighted by Crippen LogP contribution is -2.30. The molecular weight excluding hydrogens is 282 g/mol. The molecule has 1 aliphatic rings. The first-order valence-electron chi connectivity index (χ1n) is 5.82. The highest BCUT2D eigenvalue weighted by atomic mass is 79.9. The molecule has 16 heavy (non-hydrogen) atoms. The van der Waals surface area contributed by atoms with Crippen LogP contribution in [0.25, 0.3) is 0 Å². The molecule has 2 rings (SSSR count). The molecule has 0 spiro atoms. The van der Waals surface area contributed by atoms with Gasteiger partial charge in [0.05, 0.1) is 0 Å². The fourth-order valence-corrected chi connectivity index (χ4v) is 3.33. The molecule has 1 saturated heterocycles. The molecule has 0 bridgehead atoms. The molecule has 0 aromatic heterocycles. The third-order valence-electron chi connectivity index (χ3n) is 3.15. The van der Waals surface area contributed by atoms with Crippen LogP contribution in [0.4, 0.5) is 0 Å². The van der Waals surface area contributed by atoms with Gasteiger partial charge in [-0.15, -0.1) is 11.8 Å². The van der Waals surface area contributed by atoms with Crippen molar-refractivity contribution < 1.29 is 0 Å². The summed E-state index contributed by atoms with van der Waals surface area (Å²) >= 11 is 5.42. The Bertz CT molecular complexity index is 348. The number of rotatable bonds is 3. The first kappa shape index (κ1) is 12.5. The summed E-state index contributed by atoms with van der Waals surface area (Å²) in [5, 5.41) is 3.49. The number of piperidine rings is 1. The van der Waals surface area contributed by atoms with Gasteiger partial charge < -0.3 is 5.32 Å². The number of halogens is 1. The van der Waals surface area contributed by atoms with E-state index in [0.717, 1.165) is 5.92 Å². The number of thioether (sulfide) groups is 1. The van der Waals surface area contributed by atoms with Crippen LogP contribution in [-0.4, -0.2) is 19.3 Å². The lowest BCUT2D eigenvalue weighted by molar-refractivity contribution is 0.374. The molecule has 1 aromatic carbocycles.